The number of hydrogen-bond donors (Lipinski definition) is 0. The molecule has 23 rings (SSSR count). The van der Waals surface area contributed by atoms with Crippen molar-refractivity contribution in [2.45, 2.75) is 52.9 Å². The van der Waals surface area contributed by atoms with Gasteiger partial charge in [0.1, 0.15) is 11.3 Å². The lowest BCUT2D eigenvalue weighted by molar-refractivity contribution is 0.384. The molecule has 0 bridgehead atoms. The van der Waals surface area contributed by atoms with Crippen LogP contribution in [0.4, 0.5) is 34.1 Å². The van der Waals surface area contributed by atoms with Gasteiger partial charge in [-0.1, -0.05) is 323 Å². The van der Waals surface area contributed by atoms with Crippen molar-refractivity contribution in [3.63, 3.8) is 0 Å². The summed E-state index contributed by atoms with van der Waals surface area (Å²) < 4.78 is 29.3. The van der Waals surface area contributed by atoms with Crippen molar-refractivity contribution < 1.29 is 17.1 Å². The third-order valence-electron chi connectivity index (χ3n) is 24.4. The minimum Gasteiger partial charge on any atom is -0.616 e. The minimum atomic E-state index is -0.688. The number of fused-ring (bicyclic) bond motifs is 7. The van der Waals surface area contributed by atoms with Crippen LogP contribution in [0.3, 0.4) is 0 Å². The van der Waals surface area contributed by atoms with Crippen LogP contribution in [0.1, 0.15) is 46.0 Å². The van der Waals surface area contributed by atoms with Crippen LogP contribution in [0.2, 0.25) is 0 Å². The molecule has 0 N–H and O–H groups in total. The molecule has 6 heterocycles. The number of para-hydroxylation sites is 6. The monoisotopic (exact) mass is 1780 g/mol. The second-order valence-electron chi connectivity index (χ2n) is 34.1. The molecule has 1 radical (unpaired) electrons. The first kappa shape index (κ1) is 89.0. The fourth-order valence-corrected chi connectivity index (χ4v) is 18.0. The van der Waals surface area contributed by atoms with Gasteiger partial charge in [0.2, 0.25) is 0 Å². The summed E-state index contributed by atoms with van der Waals surface area (Å²) in [7, 11) is 0. The van der Waals surface area contributed by atoms with E-state index in [1.807, 2.05) is 98.8 Å². The highest BCUT2D eigenvalue weighted by atomic mass is 27.2. The molecule has 2 fully saturated rings. The predicted octanol–water partition coefficient (Wildman–Crippen LogP) is 31.0. The van der Waals surface area contributed by atoms with Crippen LogP contribution in [0.25, 0.3) is 129 Å². The number of anilines is 6. The summed E-state index contributed by atoms with van der Waals surface area (Å²) in [6.45, 7) is 22.5. The van der Waals surface area contributed by atoms with E-state index in [1.165, 1.54) is 82.8 Å². The highest BCUT2D eigenvalue weighted by Gasteiger charge is 2.28. The van der Waals surface area contributed by atoms with Crippen LogP contribution in [-0.2, 0) is 22.4 Å². The number of aryl methyl sites for hydroxylation is 3. The topological polar surface area (TPSA) is 103 Å². The molecule has 0 aliphatic carbocycles. The fraction of sp³-hybridized carbons (Fsp3) is 0.0813. The molecule has 12 nitrogen and oxygen atoms in total. The molecule has 0 spiro atoms. The van der Waals surface area contributed by atoms with Crippen molar-refractivity contribution in [3.8, 4) is 67.9 Å². The van der Waals surface area contributed by atoms with E-state index in [1.54, 1.807) is 0 Å². The van der Waals surface area contributed by atoms with Crippen molar-refractivity contribution in [1.82, 2.24) is 28.9 Å². The molecule has 136 heavy (non-hydrogen) atoms. The van der Waals surface area contributed by atoms with Gasteiger partial charge >= 0.3 is 15.9 Å². The average Bonchev–Trinajstić information content (AvgIpc) is 1.60. The average molecular weight is 1780 g/mol. The molecule has 21 aromatic rings. The maximum atomic E-state index is 5.92. The molecule has 4 aromatic heterocycles. The molecule has 2 saturated heterocycles. The zero-order valence-electron chi connectivity index (χ0n) is 76.6. The summed E-state index contributed by atoms with van der Waals surface area (Å²) in [6.07, 6.45) is 5.49. The lowest BCUT2D eigenvalue weighted by Gasteiger charge is -2.26. The molecule has 2 aliphatic heterocycles. The quantitative estimate of drug-likeness (QED) is 0.0457. The second kappa shape index (κ2) is 41.7. The maximum Gasteiger partial charge on any atom is 0.881 e. The number of benzene rings is 17. The van der Waals surface area contributed by atoms with Gasteiger partial charge in [0.15, 0.2) is 11.6 Å². The van der Waals surface area contributed by atoms with E-state index in [-0.39, 0.29) is 6.10 Å². The van der Waals surface area contributed by atoms with Gasteiger partial charge in [0.25, 0.3) is 0 Å². The molecule has 2 aliphatic rings. The van der Waals surface area contributed by atoms with Gasteiger partial charge in [-0.3, -0.25) is 0 Å². The number of pyridine rings is 1. The van der Waals surface area contributed by atoms with Crippen molar-refractivity contribution in [2.75, 3.05) is 23.0 Å². The Labute approximate surface area is 801 Å². The van der Waals surface area contributed by atoms with E-state index >= 15 is 0 Å². The van der Waals surface area contributed by atoms with Crippen LogP contribution >= 0.6 is 0 Å². The number of allylic oxidation sites excluding steroid dienone is 1. The van der Waals surface area contributed by atoms with Crippen LogP contribution in [-0.4, -0.2) is 70.2 Å². The number of ether oxygens (including phenoxy) is 2. The van der Waals surface area contributed by atoms with Gasteiger partial charge < -0.3 is 40.6 Å². The maximum absolute atomic E-state index is 5.92. The van der Waals surface area contributed by atoms with Gasteiger partial charge in [-0.2, -0.15) is 0 Å². The summed E-state index contributed by atoms with van der Waals surface area (Å²) in [6, 6.07) is 153. The normalized spacial score (nSPS) is 12.7. The van der Waals surface area contributed by atoms with Gasteiger partial charge in [0, 0.05) is 95.7 Å². The summed E-state index contributed by atoms with van der Waals surface area (Å²) in [4.78, 5) is 9.19. The van der Waals surface area contributed by atoms with Crippen LogP contribution < -0.4 is 17.4 Å². The number of nitrogens with zero attached hydrogens (tertiary/aromatic N) is 8. The Morgan fingerprint density at radius 2 is 0.772 bits per heavy atom. The number of epoxide rings is 2. The van der Waals surface area contributed by atoms with Crippen LogP contribution in [0.5, 0.6) is 11.5 Å². The van der Waals surface area contributed by atoms with E-state index < -0.39 is 15.9 Å². The SMILES string of the molecule is C=C(C)c1cccc(-c2ccc([O][Al][O]c3cccc4ccc(C)nc34)cc2)c1.C=Cc1ccc(-n2c3ccccc3c3ccccc32)cc1.C=Cc1ccc(N(c2ccc(-c3ccc(N(c4ccccc4)c4cccc(C)c4)cc3)cc2)c2cccc(C)c2)cc1.c1ccc(-c2nnc(-c3ccccc3)n2CC2CO2)cc1.c1ccc2c(c1)c1ccccc1n2-c1ccc(CC2CO2)cc1. The Bertz CT molecular complexity index is 7560. The van der Waals surface area contributed by atoms with E-state index in [9.17, 15) is 0 Å². The summed E-state index contributed by atoms with van der Waals surface area (Å²) >= 11 is -0.688. The second-order valence-corrected chi connectivity index (χ2v) is 34.7. The molecule has 2 unspecified atom stereocenters. The van der Waals surface area contributed by atoms with E-state index in [4.69, 9.17) is 17.1 Å². The molecule has 0 amide bonds. The third kappa shape index (κ3) is 20.8. The first-order chi connectivity index (χ1) is 66.9. The lowest BCUT2D eigenvalue weighted by atomic mass is 10.0. The Kier molecular flexibility index (Phi) is 27.3. The van der Waals surface area contributed by atoms with E-state index in [2.05, 4.69) is 436 Å². The molecule has 17 aromatic carbocycles. The largest absolute Gasteiger partial charge is 0.881 e. The molecule has 2 atom stereocenters. The van der Waals surface area contributed by atoms with E-state index in [0.29, 0.717) is 6.10 Å². The Morgan fingerprint density at radius 3 is 1.24 bits per heavy atom. The summed E-state index contributed by atoms with van der Waals surface area (Å²) in [5, 5.41) is 15.1. The fourth-order valence-electron chi connectivity index (χ4n) is 17.4. The molecular weight excluding hydrogens is 1680 g/mol. The number of rotatable bonds is 23. The highest BCUT2D eigenvalue weighted by Crippen LogP contribution is 2.42. The smallest absolute Gasteiger partial charge is 0.616 e. The molecular formula is C123H102AlN8O4. The first-order valence-corrected chi connectivity index (χ1v) is 47.0. The van der Waals surface area contributed by atoms with E-state index in [0.717, 1.165) is 145 Å². The van der Waals surface area contributed by atoms with Gasteiger partial charge in [-0.15, -0.1) is 10.2 Å². The zero-order valence-corrected chi connectivity index (χ0v) is 77.8. The van der Waals surface area contributed by atoms with Crippen molar-refractivity contribution in [2.24, 2.45) is 0 Å². The first-order valence-electron chi connectivity index (χ1n) is 46.0. The lowest BCUT2D eigenvalue weighted by Crippen LogP contribution is -2.11. The van der Waals surface area contributed by atoms with Crippen LogP contribution in [0.15, 0.2) is 457 Å². The Hall–Kier alpha value is -16.2. The Balaban J connectivity index is 0.000000112. The van der Waals surface area contributed by atoms with Crippen molar-refractivity contribution in [3.05, 3.63) is 496 Å². The van der Waals surface area contributed by atoms with Crippen molar-refractivity contribution >= 4 is 122 Å². The summed E-state index contributed by atoms with van der Waals surface area (Å²) in [5.74, 6) is 3.34. The zero-order chi connectivity index (χ0) is 92.6. The minimum absolute atomic E-state index is 0.283. The van der Waals surface area contributed by atoms with Gasteiger partial charge in [-0.25, -0.2) is 4.98 Å². The number of aromatic nitrogens is 6. The number of hydrogen-bond acceptors (Lipinski definition) is 9. The molecule has 0 saturated carbocycles. The molecule has 661 valence electrons. The predicted molar refractivity (Wildman–Crippen MR) is 567 cm³/mol. The van der Waals surface area contributed by atoms with Crippen LogP contribution in [0, 0.1) is 20.8 Å². The highest BCUT2D eigenvalue weighted by molar-refractivity contribution is 6.21. The van der Waals surface area contributed by atoms with Gasteiger partial charge in [-0.05, 0) is 235 Å². The summed E-state index contributed by atoms with van der Waals surface area (Å²) in [5.41, 5.74) is 31.1. The third-order valence-corrected chi connectivity index (χ3v) is 25.2. The molecule has 13 heteroatoms. The van der Waals surface area contributed by atoms with Crippen molar-refractivity contribution in [1.29, 1.82) is 0 Å². The Morgan fingerprint density at radius 1 is 0.375 bits per heavy atom. The standard InChI is InChI=1S/C40H34N2.C21H17NO.C20H15N.C17H15N3O.C15H14O.C10H9NO.Al/c1-4-32-16-22-36(23-17-32)42(40-15-9-11-31(3)29-40)38-26-20-34(21-27-38)33-18-24-37(25-19-33)41(35-12-6-5-7-13-35)39-14-8-10-30(2)28-39;1-3-7-20-18(5-1)19-6-2-4-8-21(19)22(20)16-11-9-15(10-12-16)13-17-14-23-17;1-2-15-11-13-16(14-12-15)21-19-9-5-3-7-17(19)18-8-4-6-10-20(18)21;1-3-7-13(8-4-1)16-18-19-17(14-9-5-2-6-10-14)20(16)11-15-12-21-15;1-11(2)13-4-3-5-14(10-13)12-6-8-15(16)9-7-12;1-7-5-6-8-3-2-4-9(12)10(8)11-7;/h4-29H,1H2,2-3H3;1-12,17H,13-14H2;2-14H,1H2;1-10,15H,11-12H2;3-10,16H,1H2,2H3;2-6,12H,1H3;/q;;;;;;+2/p-2. The van der Waals surface area contributed by atoms with Gasteiger partial charge in [0.05, 0.1) is 59.8 Å².